The van der Waals surface area contributed by atoms with Crippen LogP contribution in [0.1, 0.15) is 13.3 Å². The number of alkyl halides is 3. The lowest BCUT2D eigenvalue weighted by molar-refractivity contribution is -0.307. The molecule has 1 saturated heterocycles. The van der Waals surface area contributed by atoms with E-state index in [0.717, 1.165) is 11.3 Å². The lowest BCUT2D eigenvalue weighted by Gasteiger charge is -2.26. The van der Waals surface area contributed by atoms with Crippen molar-refractivity contribution in [3.05, 3.63) is 34.8 Å². The number of fused-ring (bicyclic) bond motifs is 2. The van der Waals surface area contributed by atoms with Gasteiger partial charge in [0, 0.05) is 25.3 Å². The summed E-state index contributed by atoms with van der Waals surface area (Å²) in [6.07, 6.45) is -1.06. The highest BCUT2D eigenvalue weighted by molar-refractivity contribution is 5.91. The first-order chi connectivity index (χ1) is 9.90. The molecule has 1 fully saturated rings. The van der Waals surface area contributed by atoms with E-state index in [4.69, 9.17) is 0 Å². The van der Waals surface area contributed by atoms with E-state index in [1.54, 1.807) is 4.90 Å². The number of halogens is 4. The topological polar surface area (TPSA) is 41.6 Å². The Hall–Kier alpha value is -1.47. The quantitative estimate of drug-likeness (QED) is 0.842. The van der Waals surface area contributed by atoms with Crippen LogP contribution in [0.3, 0.4) is 0 Å². The third-order valence-electron chi connectivity index (χ3n) is 3.88. The van der Waals surface area contributed by atoms with Crippen LogP contribution in [-0.2, 0) is 9.53 Å². The zero-order valence-corrected chi connectivity index (χ0v) is 12.7. The van der Waals surface area contributed by atoms with Gasteiger partial charge in [0.1, 0.15) is 11.7 Å². The van der Waals surface area contributed by atoms with E-state index in [2.05, 4.69) is 10.1 Å². The summed E-state index contributed by atoms with van der Waals surface area (Å²) in [5, 5.41) is 3.14. The molecule has 0 spiro atoms. The minimum absolute atomic E-state index is 0. The zero-order valence-electron chi connectivity index (χ0n) is 11.9. The molecule has 0 radical (unpaired) electrons. The van der Waals surface area contributed by atoms with Crippen LogP contribution in [0.5, 0.6) is 0 Å². The first kappa shape index (κ1) is 16.9. The number of ether oxygens (including phenoxy) is 1. The smallest absolute Gasteiger partial charge is 0.409 e. The van der Waals surface area contributed by atoms with Crippen LogP contribution in [0.4, 0.5) is 13.2 Å². The molecule has 0 aromatic carbocycles. The Morgan fingerprint density at radius 2 is 2.14 bits per heavy atom. The Labute approximate surface area is 132 Å². The van der Waals surface area contributed by atoms with Crippen molar-refractivity contribution in [2.24, 2.45) is 5.92 Å². The lowest BCUT2D eigenvalue weighted by Crippen LogP contribution is -2.43. The monoisotopic (exact) mass is 336 g/mol. The average Bonchev–Trinajstić information content (AvgIpc) is 2.71. The van der Waals surface area contributed by atoms with Gasteiger partial charge >= 0.3 is 6.36 Å². The van der Waals surface area contributed by atoms with Crippen molar-refractivity contribution in [1.29, 1.82) is 0 Å². The van der Waals surface area contributed by atoms with Crippen LogP contribution >= 0.6 is 12.4 Å². The molecule has 2 aliphatic heterocycles. The third kappa shape index (κ3) is 2.87. The fourth-order valence-electron chi connectivity index (χ4n) is 2.96. The van der Waals surface area contributed by atoms with Gasteiger partial charge in [-0.05, 0) is 23.6 Å². The van der Waals surface area contributed by atoms with E-state index < -0.39 is 12.3 Å². The van der Waals surface area contributed by atoms with Crippen LogP contribution in [-0.4, -0.2) is 36.8 Å². The minimum Gasteiger partial charge on any atom is -0.409 e. The molecule has 22 heavy (non-hydrogen) atoms. The molecular formula is C14H16ClF3N2O2. The Balaban J connectivity index is 0.00000176. The predicted molar refractivity (Wildman–Crippen MR) is 75.9 cm³/mol. The molecule has 8 heteroatoms. The average molecular weight is 337 g/mol. The summed E-state index contributed by atoms with van der Waals surface area (Å²) >= 11 is 0. The first-order valence-electron chi connectivity index (χ1n) is 6.83. The van der Waals surface area contributed by atoms with Crippen molar-refractivity contribution < 1.29 is 22.7 Å². The van der Waals surface area contributed by atoms with Crippen molar-refractivity contribution in [3.63, 3.8) is 0 Å². The number of nitrogens with one attached hydrogen (secondary N) is 1. The highest BCUT2D eigenvalue weighted by atomic mass is 35.5. The molecule has 1 aliphatic carbocycles. The molecule has 2 heterocycles. The second-order valence-corrected chi connectivity index (χ2v) is 5.17. The number of carbonyl (C=O) groups is 1. The van der Waals surface area contributed by atoms with Gasteiger partial charge in [-0.2, -0.15) is 0 Å². The minimum atomic E-state index is -4.79. The van der Waals surface area contributed by atoms with Crippen LogP contribution in [0.15, 0.2) is 34.8 Å². The molecule has 1 atom stereocenters. The Morgan fingerprint density at radius 3 is 2.77 bits per heavy atom. The number of allylic oxidation sites excluding steroid dienone is 3. The largest absolute Gasteiger partial charge is 0.572 e. The highest BCUT2D eigenvalue weighted by Crippen LogP contribution is 2.42. The van der Waals surface area contributed by atoms with Gasteiger partial charge in [-0.15, -0.1) is 25.6 Å². The fraction of sp³-hybridized carbons (Fsp3) is 0.500. The second-order valence-electron chi connectivity index (χ2n) is 5.17. The molecule has 1 amide bonds. The molecule has 3 rings (SSSR count). The van der Waals surface area contributed by atoms with E-state index in [-0.39, 0.29) is 24.1 Å². The number of amides is 1. The van der Waals surface area contributed by atoms with Gasteiger partial charge in [0.15, 0.2) is 0 Å². The maximum Gasteiger partial charge on any atom is 0.572 e. The van der Waals surface area contributed by atoms with Gasteiger partial charge in [0.25, 0.3) is 0 Å². The van der Waals surface area contributed by atoms with Crippen LogP contribution in [0, 0.1) is 5.92 Å². The summed E-state index contributed by atoms with van der Waals surface area (Å²) in [6, 6.07) is 0. The van der Waals surface area contributed by atoms with E-state index in [1.165, 1.54) is 6.08 Å². The number of hydrogen-bond donors (Lipinski definition) is 1. The predicted octanol–water partition coefficient (Wildman–Crippen LogP) is 2.49. The highest BCUT2D eigenvalue weighted by Gasteiger charge is 2.46. The zero-order chi connectivity index (χ0) is 15.2. The molecule has 0 bridgehead atoms. The molecule has 1 unspecified atom stereocenters. The van der Waals surface area contributed by atoms with E-state index in [0.29, 0.717) is 31.6 Å². The van der Waals surface area contributed by atoms with Gasteiger partial charge in [0.05, 0.1) is 0 Å². The van der Waals surface area contributed by atoms with E-state index >= 15 is 0 Å². The van der Waals surface area contributed by atoms with Gasteiger partial charge < -0.3 is 15.0 Å². The fourth-order valence-corrected chi connectivity index (χ4v) is 2.96. The summed E-state index contributed by atoms with van der Waals surface area (Å²) in [5.74, 6) is -1.61. The number of carbonyl (C=O) groups excluding carboxylic acids is 1. The molecule has 122 valence electrons. The van der Waals surface area contributed by atoms with Gasteiger partial charge in [0.2, 0.25) is 5.91 Å². The van der Waals surface area contributed by atoms with Crippen molar-refractivity contribution in [2.75, 3.05) is 19.6 Å². The Bertz CT molecular complexity index is 581. The van der Waals surface area contributed by atoms with Crippen molar-refractivity contribution in [3.8, 4) is 0 Å². The third-order valence-corrected chi connectivity index (χ3v) is 3.88. The lowest BCUT2D eigenvalue weighted by atomic mass is 9.89. The normalized spacial score (nSPS) is 24.3. The molecule has 1 N–H and O–H groups in total. The summed E-state index contributed by atoms with van der Waals surface area (Å²) in [4.78, 5) is 14.0. The number of hydrogen-bond acceptors (Lipinski definition) is 3. The van der Waals surface area contributed by atoms with Crippen molar-refractivity contribution in [2.45, 2.75) is 19.7 Å². The van der Waals surface area contributed by atoms with Gasteiger partial charge in [-0.25, -0.2) is 0 Å². The van der Waals surface area contributed by atoms with Crippen LogP contribution in [0.2, 0.25) is 0 Å². The van der Waals surface area contributed by atoms with Gasteiger partial charge in [-0.3, -0.25) is 4.79 Å². The SMILES string of the molecule is CCC1=CC2=C3CNCCN3C(=O)C2C(OC(F)(F)F)=C1.Cl. The number of nitrogens with zero attached hydrogens (tertiary/aromatic N) is 1. The number of rotatable bonds is 2. The standard InChI is InChI=1S/C14H15F3N2O2.ClH/c1-2-8-5-9-10-7-18-3-4-19(10)13(20)12(9)11(6-8)21-14(15,16)17;/h5-6,12,18H,2-4,7H2,1H3;1H. The maximum absolute atomic E-state index is 12.6. The van der Waals surface area contributed by atoms with E-state index in [9.17, 15) is 18.0 Å². The summed E-state index contributed by atoms with van der Waals surface area (Å²) in [6.45, 7) is 3.46. The van der Waals surface area contributed by atoms with Gasteiger partial charge in [-0.1, -0.05) is 13.0 Å². The Morgan fingerprint density at radius 1 is 1.41 bits per heavy atom. The number of piperazine rings is 1. The molecule has 0 aromatic heterocycles. The van der Waals surface area contributed by atoms with Crippen LogP contribution < -0.4 is 5.32 Å². The van der Waals surface area contributed by atoms with Crippen molar-refractivity contribution >= 4 is 18.3 Å². The Kier molecular flexibility index (Phi) is 4.58. The molecule has 0 saturated carbocycles. The molecule has 4 nitrogen and oxygen atoms in total. The van der Waals surface area contributed by atoms with Crippen LogP contribution in [0.25, 0.3) is 0 Å². The van der Waals surface area contributed by atoms with Crippen molar-refractivity contribution in [1.82, 2.24) is 10.2 Å². The maximum atomic E-state index is 12.6. The summed E-state index contributed by atoms with van der Waals surface area (Å²) in [5.41, 5.74) is 2.12. The van der Waals surface area contributed by atoms with E-state index in [1.807, 2.05) is 13.0 Å². The summed E-state index contributed by atoms with van der Waals surface area (Å²) in [7, 11) is 0. The summed E-state index contributed by atoms with van der Waals surface area (Å²) < 4.78 is 41.9. The molecule has 0 aromatic rings. The molecule has 3 aliphatic rings. The molecular weight excluding hydrogens is 321 g/mol. The second kappa shape index (κ2) is 5.96. The first-order valence-corrected chi connectivity index (χ1v) is 6.83.